The average Bonchev–Trinajstić information content (AvgIpc) is 1.63. The van der Waals surface area contributed by atoms with Crippen LogP contribution in [0.25, 0.3) is 104 Å². The first-order chi connectivity index (χ1) is 49.5. The lowest BCUT2D eigenvalue weighted by Gasteiger charge is -2.14. The summed E-state index contributed by atoms with van der Waals surface area (Å²) in [5.41, 5.74) is 10.2. The summed E-state index contributed by atoms with van der Waals surface area (Å²) < 4.78 is 111. The van der Waals surface area contributed by atoms with Crippen molar-refractivity contribution in [1.82, 2.24) is 71.7 Å². The maximum absolute atomic E-state index is 14.6. The van der Waals surface area contributed by atoms with Crippen LogP contribution in [0.3, 0.4) is 0 Å². The molecule has 1 unspecified atom stereocenters. The van der Waals surface area contributed by atoms with Gasteiger partial charge in [-0.1, -0.05) is 72.8 Å². The van der Waals surface area contributed by atoms with E-state index in [1.165, 1.54) is 72.8 Å². The van der Waals surface area contributed by atoms with Crippen LogP contribution in [0.5, 0.6) is 0 Å². The minimum absolute atomic E-state index is 0.201. The van der Waals surface area contributed by atoms with E-state index in [-0.39, 0.29) is 52.3 Å². The summed E-state index contributed by atoms with van der Waals surface area (Å²) >= 11 is 0. The standard InChI is InChI=1S/C20H18F2N6.2C19H16F2N4.C18H14F2N4/c1-23-11-18-24-20(27-28(18)2)13-9-15-17(25-26-19(15)16(22)10-13)8-5-12-3-6-14(21)7-4-12;1-11-10-22-19(23-11)14-8-15-17(24-25-18(15)9-16(14)21)7-4-12-2-5-13(20)6-3-12;1-25-9-8-22-19(25)14-10-15-17(23-24-18(15)11-16(14)21)7-4-12-2-5-13(20)6-3-12;19-12-4-1-11(2-5-12)3-6-16-14-9-13(18-21-7-8-22-18)15(20)10-17(14)24-23-16/h3-10,23H,11H2,1-2H3,(H,25,26,27);2-9,11H,10H2,1H3,(H,22,23)(H,24,25);2-7,10-11H,8-9H2,1H3,(H,23,24);1-6,9-10H,7-8H2,(H,21,22)(H,23,24)/p+1/b8-5+;2*7-4+;6-3+. The molecule has 0 aliphatic carbocycles. The zero-order valence-electron chi connectivity index (χ0n) is 55.3. The summed E-state index contributed by atoms with van der Waals surface area (Å²) in [7, 11) is 5.60. The van der Waals surface area contributed by atoms with Gasteiger partial charge in [-0.25, -0.2) is 35.1 Å². The van der Waals surface area contributed by atoms with Crippen LogP contribution in [0, 0.1) is 46.5 Å². The van der Waals surface area contributed by atoms with Crippen molar-refractivity contribution in [3.05, 3.63) is 260 Å². The van der Waals surface area contributed by atoms with E-state index < -0.39 is 5.82 Å². The van der Waals surface area contributed by atoms with Crippen molar-refractivity contribution in [2.45, 2.75) is 19.5 Å². The molecule has 8 heterocycles. The number of H-pyrrole nitrogens is 5. The molecule has 18 nitrogen and oxygen atoms in total. The molecular formula is C76H65F8N18+. The van der Waals surface area contributed by atoms with E-state index in [0.29, 0.717) is 116 Å². The molecule has 16 rings (SSSR count). The SMILES string of the molecule is CC1CN=C(c2cc3c(/C=C/c4ccc(F)cc4)n[nH]c3cc2F)N1.CN1CCN=C1c1cc2c(/C=C/c3ccc(F)cc3)n[nH]c2cc1F.CNCc1nc(-c2cc(F)c3n[nH]c(/C=C/c4ccc(F)cc4)c3c2)[nH][n+]1C.Fc1ccc(/C=C/c2n[nH]c3cc(F)c(C4=NCCN4)cc23)cc1. The minimum Gasteiger partial charge on any atom is -0.368 e. The van der Waals surface area contributed by atoms with Crippen LogP contribution in [0.4, 0.5) is 35.1 Å². The van der Waals surface area contributed by atoms with Gasteiger partial charge < -0.3 is 20.9 Å². The van der Waals surface area contributed by atoms with Crippen LogP contribution in [0.15, 0.2) is 161 Å². The lowest BCUT2D eigenvalue weighted by atomic mass is 10.1. The second-order valence-corrected chi connectivity index (χ2v) is 24.1. The van der Waals surface area contributed by atoms with Gasteiger partial charge in [-0.3, -0.25) is 35.4 Å². The number of nitrogens with zero attached hydrogens (tertiary/aromatic N) is 10. The lowest BCUT2D eigenvalue weighted by Crippen LogP contribution is -2.36. The van der Waals surface area contributed by atoms with E-state index in [2.05, 4.69) is 81.8 Å². The van der Waals surface area contributed by atoms with Crippen LogP contribution < -0.4 is 20.6 Å². The maximum Gasteiger partial charge on any atom is 0.333 e. The Balaban J connectivity index is 0.000000122. The molecule has 5 aromatic heterocycles. The number of hydrogen-bond acceptors (Lipinski definition) is 12. The van der Waals surface area contributed by atoms with Crippen molar-refractivity contribution >= 4 is 110 Å². The third-order valence-corrected chi connectivity index (χ3v) is 16.8. The smallest absolute Gasteiger partial charge is 0.333 e. The number of aromatic nitrogens is 11. The zero-order chi connectivity index (χ0) is 71.0. The van der Waals surface area contributed by atoms with Gasteiger partial charge >= 0.3 is 5.82 Å². The maximum atomic E-state index is 14.6. The first kappa shape index (κ1) is 68.1. The number of hydrogen-bond donors (Lipinski definition) is 8. The predicted octanol–water partition coefficient (Wildman–Crippen LogP) is 13.8. The van der Waals surface area contributed by atoms with E-state index in [1.54, 1.807) is 77.5 Å². The molecule has 8 aromatic carbocycles. The van der Waals surface area contributed by atoms with E-state index in [4.69, 9.17) is 0 Å². The third-order valence-electron chi connectivity index (χ3n) is 16.8. The molecule has 3 aliphatic heterocycles. The van der Waals surface area contributed by atoms with Crippen molar-refractivity contribution < 1.29 is 39.8 Å². The zero-order valence-corrected chi connectivity index (χ0v) is 55.3. The number of rotatable bonds is 14. The van der Waals surface area contributed by atoms with Crippen molar-refractivity contribution in [3.8, 4) is 11.4 Å². The minimum atomic E-state index is -0.431. The number of halogens is 8. The molecule has 0 radical (unpaired) electrons. The number of benzene rings is 8. The monoisotopic (exact) mass is 1380 g/mol. The first-order valence-corrected chi connectivity index (χ1v) is 32.4. The number of nitrogens with one attached hydrogen (secondary N) is 8. The number of amidine groups is 3. The molecule has 8 N–H and O–H groups in total. The van der Waals surface area contributed by atoms with Crippen LogP contribution in [0.1, 0.15) is 74.5 Å². The fourth-order valence-electron chi connectivity index (χ4n) is 11.5. The van der Waals surface area contributed by atoms with Crippen LogP contribution in [0.2, 0.25) is 0 Å². The van der Waals surface area contributed by atoms with Gasteiger partial charge in [-0.05, 0) is 144 Å². The summed E-state index contributed by atoms with van der Waals surface area (Å²) in [6, 6.07) is 37.7. The van der Waals surface area contributed by atoms with E-state index in [9.17, 15) is 35.1 Å². The summed E-state index contributed by atoms with van der Waals surface area (Å²) in [4.78, 5) is 19.5. The number of aryl methyl sites for hydroxylation is 1. The highest BCUT2D eigenvalue weighted by atomic mass is 19.2. The average molecular weight is 1380 g/mol. The largest absolute Gasteiger partial charge is 0.368 e. The summed E-state index contributed by atoms with van der Waals surface area (Å²) in [6.07, 6.45) is 14.6. The molecule has 3 aliphatic rings. The number of aromatic amines is 5. The Kier molecular flexibility index (Phi) is 20.3. The van der Waals surface area contributed by atoms with Crippen molar-refractivity contribution in [2.75, 3.05) is 46.8 Å². The van der Waals surface area contributed by atoms with Crippen LogP contribution >= 0.6 is 0 Å². The normalized spacial score (nSPS) is 14.4. The Labute approximate surface area is 578 Å². The Hall–Kier alpha value is -12.5. The van der Waals surface area contributed by atoms with E-state index in [0.717, 1.165) is 57.3 Å². The Morgan fingerprint density at radius 3 is 1.41 bits per heavy atom. The summed E-state index contributed by atoms with van der Waals surface area (Å²) in [5.74, 6) is 0.633. The second kappa shape index (κ2) is 30.3. The molecule has 0 spiro atoms. The molecule has 102 heavy (non-hydrogen) atoms. The topological polar surface area (TPSA) is 224 Å². The Bertz CT molecular complexity index is 5430. The quantitative estimate of drug-likeness (QED) is 0.0382. The van der Waals surface area contributed by atoms with Crippen molar-refractivity contribution in [1.29, 1.82) is 0 Å². The van der Waals surface area contributed by atoms with Gasteiger partial charge in [0, 0.05) is 65.9 Å². The van der Waals surface area contributed by atoms with Gasteiger partial charge in [-0.2, -0.15) is 30.2 Å². The third kappa shape index (κ3) is 15.7. The number of fused-ring (bicyclic) bond motifs is 4. The number of likely N-dealkylation sites (N-methyl/N-ethyl adjacent to an activating group) is 1. The molecule has 0 fully saturated rings. The van der Waals surface area contributed by atoms with Gasteiger partial charge in [-0.15, -0.1) is 0 Å². The van der Waals surface area contributed by atoms with Gasteiger partial charge in [0.2, 0.25) is 0 Å². The Morgan fingerprint density at radius 2 is 0.971 bits per heavy atom. The molecule has 26 heteroatoms. The van der Waals surface area contributed by atoms with E-state index in [1.807, 2.05) is 81.6 Å². The molecule has 0 saturated heterocycles. The molecule has 0 amide bonds. The molecule has 13 aromatic rings. The van der Waals surface area contributed by atoms with Gasteiger partial charge in [0.1, 0.15) is 77.3 Å². The fraction of sp³-hybridized carbons (Fsp3) is 0.145. The fourth-order valence-corrected chi connectivity index (χ4v) is 11.5. The highest BCUT2D eigenvalue weighted by molar-refractivity contribution is 6.06. The highest BCUT2D eigenvalue weighted by Crippen LogP contribution is 2.30. The Morgan fingerprint density at radius 1 is 0.500 bits per heavy atom. The van der Waals surface area contributed by atoms with Crippen molar-refractivity contribution in [3.63, 3.8) is 0 Å². The molecule has 514 valence electrons. The first-order valence-electron chi connectivity index (χ1n) is 32.4. The summed E-state index contributed by atoms with van der Waals surface area (Å²) in [5, 5.41) is 43.7. The predicted molar refractivity (Wildman–Crippen MR) is 384 cm³/mol. The lowest BCUT2D eigenvalue weighted by molar-refractivity contribution is -0.734. The van der Waals surface area contributed by atoms with Gasteiger partial charge in [0.15, 0.2) is 5.82 Å². The molecule has 1 atom stereocenters. The van der Waals surface area contributed by atoms with Crippen LogP contribution in [-0.2, 0) is 13.6 Å². The van der Waals surface area contributed by atoms with E-state index >= 15 is 0 Å². The number of aliphatic imine (C=N–C) groups is 3. The second-order valence-electron chi connectivity index (χ2n) is 24.1. The van der Waals surface area contributed by atoms with Crippen LogP contribution in [-0.4, -0.2) is 126 Å². The molecule has 0 saturated carbocycles. The molecule has 0 bridgehead atoms. The molecular weight excluding hydrogens is 1320 g/mol. The van der Waals surface area contributed by atoms with Crippen molar-refractivity contribution in [2.24, 2.45) is 22.0 Å². The van der Waals surface area contributed by atoms with Gasteiger partial charge in [0.25, 0.3) is 5.82 Å². The summed E-state index contributed by atoms with van der Waals surface area (Å²) in [6.45, 7) is 6.05. The highest BCUT2D eigenvalue weighted by Gasteiger charge is 2.24. The van der Waals surface area contributed by atoms with Gasteiger partial charge in [0.05, 0.1) is 81.2 Å².